The number of halogens is 1. The molecule has 2 aromatic heterocycles. The van der Waals surface area contributed by atoms with Gasteiger partial charge in [0.1, 0.15) is 0 Å². The molecule has 0 spiro atoms. The maximum absolute atomic E-state index is 13.5. The molecule has 1 atom stereocenters. The Morgan fingerprint density at radius 2 is 2.12 bits per heavy atom. The topological polar surface area (TPSA) is 73.5 Å². The summed E-state index contributed by atoms with van der Waals surface area (Å²) in [6.45, 7) is 2.05. The molecule has 1 amide bonds. The largest absolute Gasteiger partial charge is 0.478 e. The van der Waals surface area contributed by atoms with Crippen molar-refractivity contribution in [2.45, 2.75) is 19.6 Å². The van der Waals surface area contributed by atoms with Crippen molar-refractivity contribution in [1.82, 2.24) is 9.88 Å². The molecular formula is C18H17FN2O4. The summed E-state index contributed by atoms with van der Waals surface area (Å²) >= 11 is 0. The summed E-state index contributed by atoms with van der Waals surface area (Å²) in [6.07, 6.45) is 2.24. The van der Waals surface area contributed by atoms with E-state index >= 15 is 0 Å². The summed E-state index contributed by atoms with van der Waals surface area (Å²) in [6, 6.07) is 9.37. The number of para-hydroxylation sites is 1. The van der Waals surface area contributed by atoms with E-state index in [0.29, 0.717) is 0 Å². The number of amides is 1. The molecule has 0 bridgehead atoms. The van der Waals surface area contributed by atoms with Crippen LogP contribution in [0, 0.1) is 5.82 Å². The third kappa shape index (κ3) is 3.71. The third-order valence-corrected chi connectivity index (χ3v) is 3.75. The number of pyridine rings is 1. The summed E-state index contributed by atoms with van der Waals surface area (Å²) in [4.78, 5) is 24.2. The van der Waals surface area contributed by atoms with Gasteiger partial charge in [0.2, 0.25) is 0 Å². The highest BCUT2D eigenvalue weighted by Crippen LogP contribution is 2.17. The highest BCUT2D eigenvalue weighted by Gasteiger charge is 2.16. The van der Waals surface area contributed by atoms with Crippen molar-refractivity contribution in [3.8, 4) is 5.75 Å². The molecule has 3 rings (SSSR count). The van der Waals surface area contributed by atoms with Gasteiger partial charge in [0, 0.05) is 24.7 Å². The van der Waals surface area contributed by atoms with Gasteiger partial charge < -0.3 is 19.0 Å². The van der Waals surface area contributed by atoms with Crippen molar-refractivity contribution in [1.29, 1.82) is 0 Å². The SMILES string of the molecule is C[C@@H](Oc1ccccc1F)C(=O)NCCn1ccc2ccoc2c1=O. The summed E-state index contributed by atoms with van der Waals surface area (Å²) in [5.74, 6) is -0.902. The number of furan rings is 1. The zero-order valence-electron chi connectivity index (χ0n) is 13.6. The van der Waals surface area contributed by atoms with Gasteiger partial charge in [-0.05, 0) is 31.2 Å². The van der Waals surface area contributed by atoms with E-state index in [1.54, 1.807) is 30.5 Å². The number of fused-ring (bicyclic) bond motifs is 1. The number of nitrogens with zero attached hydrogens (tertiary/aromatic N) is 1. The molecule has 0 unspecified atom stereocenters. The van der Waals surface area contributed by atoms with Crippen molar-refractivity contribution < 1.29 is 18.3 Å². The van der Waals surface area contributed by atoms with Crippen molar-refractivity contribution in [2.24, 2.45) is 0 Å². The van der Waals surface area contributed by atoms with Crippen LogP contribution in [-0.4, -0.2) is 23.1 Å². The van der Waals surface area contributed by atoms with Crippen LogP contribution in [0.2, 0.25) is 0 Å². The van der Waals surface area contributed by atoms with E-state index in [0.717, 1.165) is 5.39 Å². The van der Waals surface area contributed by atoms with Crippen LogP contribution in [-0.2, 0) is 11.3 Å². The predicted octanol–water partition coefficient (Wildman–Crippen LogP) is 2.32. The maximum Gasteiger partial charge on any atom is 0.294 e. The van der Waals surface area contributed by atoms with Crippen LogP contribution in [0.25, 0.3) is 11.0 Å². The third-order valence-electron chi connectivity index (χ3n) is 3.75. The molecule has 0 radical (unpaired) electrons. The molecule has 1 aromatic carbocycles. The van der Waals surface area contributed by atoms with Gasteiger partial charge in [0.25, 0.3) is 11.5 Å². The van der Waals surface area contributed by atoms with Crippen LogP contribution < -0.4 is 15.6 Å². The molecule has 0 aliphatic carbocycles. The Morgan fingerprint density at radius 3 is 2.92 bits per heavy atom. The lowest BCUT2D eigenvalue weighted by Crippen LogP contribution is -2.38. The second-order valence-corrected chi connectivity index (χ2v) is 5.50. The molecular weight excluding hydrogens is 327 g/mol. The Labute approximate surface area is 142 Å². The van der Waals surface area contributed by atoms with Crippen molar-refractivity contribution in [2.75, 3.05) is 6.54 Å². The van der Waals surface area contributed by atoms with Crippen LogP contribution in [0.5, 0.6) is 5.75 Å². The summed E-state index contributed by atoms with van der Waals surface area (Å²) in [5.41, 5.74) is 0.0254. The molecule has 0 saturated carbocycles. The van der Waals surface area contributed by atoms with Crippen LogP contribution in [0.3, 0.4) is 0 Å². The molecule has 3 aromatic rings. The number of hydrogen-bond acceptors (Lipinski definition) is 4. The Balaban J connectivity index is 1.55. The van der Waals surface area contributed by atoms with Crippen molar-refractivity contribution in [3.05, 3.63) is 65.0 Å². The second-order valence-electron chi connectivity index (χ2n) is 5.50. The van der Waals surface area contributed by atoms with Crippen LogP contribution in [0.15, 0.2) is 58.1 Å². The average molecular weight is 344 g/mol. The van der Waals surface area contributed by atoms with Gasteiger partial charge in [-0.25, -0.2) is 4.39 Å². The minimum atomic E-state index is -0.860. The average Bonchev–Trinajstić information content (AvgIpc) is 3.08. The smallest absolute Gasteiger partial charge is 0.294 e. The number of hydrogen-bond donors (Lipinski definition) is 1. The van der Waals surface area contributed by atoms with Gasteiger partial charge >= 0.3 is 0 Å². The molecule has 1 N–H and O–H groups in total. The van der Waals surface area contributed by atoms with Crippen LogP contribution in [0.1, 0.15) is 6.92 Å². The first kappa shape index (κ1) is 16.8. The van der Waals surface area contributed by atoms with Gasteiger partial charge in [0.05, 0.1) is 6.26 Å². The minimum absolute atomic E-state index is 0.0182. The molecule has 6 nitrogen and oxygen atoms in total. The first-order valence-corrected chi connectivity index (χ1v) is 7.82. The standard InChI is InChI=1S/C18H17FN2O4/c1-12(25-15-5-3-2-4-14(15)19)17(22)20-8-10-21-9-6-13-7-11-24-16(13)18(21)23/h2-7,9,11-12H,8,10H2,1H3,(H,20,22)/t12-/m1/s1. The van der Waals surface area contributed by atoms with Gasteiger partial charge in [-0.1, -0.05) is 12.1 Å². The lowest BCUT2D eigenvalue weighted by Gasteiger charge is -2.15. The number of aromatic nitrogens is 1. The fourth-order valence-electron chi connectivity index (χ4n) is 2.40. The number of benzene rings is 1. The molecule has 0 aliphatic rings. The Bertz CT molecular complexity index is 947. The molecule has 130 valence electrons. The molecule has 25 heavy (non-hydrogen) atoms. The number of carbonyl (C=O) groups excluding carboxylic acids is 1. The highest BCUT2D eigenvalue weighted by molar-refractivity contribution is 5.80. The van der Waals surface area contributed by atoms with Crippen LogP contribution in [0.4, 0.5) is 4.39 Å². The van der Waals surface area contributed by atoms with E-state index < -0.39 is 17.8 Å². The number of nitrogens with one attached hydrogen (secondary N) is 1. The van der Waals surface area contributed by atoms with Gasteiger partial charge in [-0.15, -0.1) is 0 Å². The fourth-order valence-corrected chi connectivity index (χ4v) is 2.40. The number of carbonyl (C=O) groups is 1. The first-order valence-electron chi connectivity index (χ1n) is 7.82. The lowest BCUT2D eigenvalue weighted by atomic mass is 10.3. The normalized spacial score (nSPS) is 12.1. The van der Waals surface area contributed by atoms with Gasteiger partial charge in [-0.3, -0.25) is 9.59 Å². The molecule has 0 fully saturated rings. The summed E-state index contributed by atoms with van der Waals surface area (Å²) in [7, 11) is 0. The molecule has 0 aliphatic heterocycles. The first-order chi connectivity index (χ1) is 12.1. The molecule has 7 heteroatoms. The van der Waals surface area contributed by atoms with E-state index in [2.05, 4.69) is 5.32 Å². The highest BCUT2D eigenvalue weighted by atomic mass is 19.1. The molecule has 0 saturated heterocycles. The zero-order chi connectivity index (χ0) is 17.8. The van der Waals surface area contributed by atoms with E-state index in [1.807, 2.05) is 0 Å². The minimum Gasteiger partial charge on any atom is -0.478 e. The van der Waals surface area contributed by atoms with Gasteiger partial charge in [-0.2, -0.15) is 0 Å². The number of ether oxygens (including phenoxy) is 1. The second kappa shape index (κ2) is 7.21. The van der Waals surface area contributed by atoms with Gasteiger partial charge in [0.15, 0.2) is 23.3 Å². The van der Waals surface area contributed by atoms with E-state index in [4.69, 9.17) is 9.15 Å². The number of rotatable bonds is 6. The Kier molecular flexibility index (Phi) is 4.83. The van der Waals surface area contributed by atoms with Crippen molar-refractivity contribution >= 4 is 16.9 Å². The predicted molar refractivity (Wildman–Crippen MR) is 90.0 cm³/mol. The maximum atomic E-state index is 13.5. The fraction of sp³-hybridized carbons (Fsp3) is 0.222. The van der Waals surface area contributed by atoms with E-state index in [1.165, 1.54) is 29.9 Å². The van der Waals surface area contributed by atoms with Crippen LogP contribution >= 0.6 is 0 Å². The van der Waals surface area contributed by atoms with E-state index in [-0.39, 0.29) is 30.0 Å². The monoisotopic (exact) mass is 344 g/mol. The Morgan fingerprint density at radius 1 is 1.32 bits per heavy atom. The zero-order valence-corrected chi connectivity index (χ0v) is 13.6. The lowest BCUT2D eigenvalue weighted by molar-refractivity contribution is -0.127. The molecule has 2 heterocycles. The van der Waals surface area contributed by atoms with Crippen molar-refractivity contribution in [3.63, 3.8) is 0 Å². The summed E-state index contributed by atoms with van der Waals surface area (Å²) < 4.78 is 25.4. The van der Waals surface area contributed by atoms with E-state index in [9.17, 15) is 14.0 Å². The quantitative estimate of drug-likeness (QED) is 0.745. The Hall–Kier alpha value is -3.09. The summed E-state index contributed by atoms with van der Waals surface area (Å²) in [5, 5.41) is 3.40.